The number of ether oxygens (including phenoxy) is 2. The maximum Gasteiger partial charge on any atom is 0.231 e. The minimum Gasteiger partial charge on any atom is -0.454 e. The summed E-state index contributed by atoms with van der Waals surface area (Å²) < 4.78 is 11.9. The van der Waals surface area contributed by atoms with E-state index in [1.54, 1.807) is 11.3 Å². The molecule has 6 nitrogen and oxygen atoms in total. The van der Waals surface area contributed by atoms with E-state index in [9.17, 15) is 4.79 Å². The smallest absolute Gasteiger partial charge is 0.231 e. The Morgan fingerprint density at radius 2 is 2.07 bits per heavy atom. The molecular formula is C20H19N3O3S. The first-order valence-electron chi connectivity index (χ1n) is 8.94. The number of hydrogen-bond donors (Lipinski definition) is 1. The van der Waals surface area contributed by atoms with Crippen LogP contribution in [0.5, 0.6) is 11.5 Å². The van der Waals surface area contributed by atoms with Crippen molar-refractivity contribution in [2.24, 2.45) is 5.92 Å². The quantitative estimate of drug-likeness (QED) is 0.752. The van der Waals surface area contributed by atoms with Gasteiger partial charge < -0.3 is 19.7 Å². The van der Waals surface area contributed by atoms with Gasteiger partial charge in [-0.05, 0) is 42.3 Å². The molecule has 0 unspecified atom stereocenters. The Balaban J connectivity index is 1.17. The molecule has 0 atom stereocenters. The molecule has 0 aliphatic carbocycles. The van der Waals surface area contributed by atoms with Gasteiger partial charge in [-0.3, -0.25) is 4.79 Å². The van der Waals surface area contributed by atoms with Crippen molar-refractivity contribution in [2.75, 3.05) is 24.8 Å². The standard InChI is InChI=1S/C20H19N3O3S/c1-12-2-4-15-18(6-12)27-20(22-15)23-9-14(10-23)19(24)21-8-13-3-5-16-17(7-13)26-11-25-16/h2-7,14H,8-11H2,1H3,(H,21,24). The first-order chi connectivity index (χ1) is 13.2. The molecule has 1 fully saturated rings. The van der Waals surface area contributed by atoms with E-state index in [4.69, 9.17) is 9.47 Å². The zero-order valence-electron chi connectivity index (χ0n) is 14.9. The van der Waals surface area contributed by atoms with Crippen molar-refractivity contribution < 1.29 is 14.3 Å². The van der Waals surface area contributed by atoms with Crippen LogP contribution < -0.4 is 19.7 Å². The second kappa shape index (κ2) is 6.42. The Morgan fingerprint density at radius 3 is 2.96 bits per heavy atom. The largest absolute Gasteiger partial charge is 0.454 e. The molecule has 0 saturated carbocycles. The minimum atomic E-state index is 0.00718. The molecule has 0 spiro atoms. The number of carbonyl (C=O) groups excluding carboxylic acids is 1. The number of benzene rings is 2. The lowest BCUT2D eigenvalue weighted by atomic mass is 10.00. The van der Waals surface area contributed by atoms with Crippen LogP contribution >= 0.6 is 11.3 Å². The molecule has 27 heavy (non-hydrogen) atoms. The van der Waals surface area contributed by atoms with Crippen molar-refractivity contribution >= 4 is 32.6 Å². The average Bonchev–Trinajstić information content (AvgIpc) is 3.24. The van der Waals surface area contributed by atoms with Crippen LogP contribution in [0.15, 0.2) is 36.4 Å². The fourth-order valence-corrected chi connectivity index (χ4v) is 4.42. The van der Waals surface area contributed by atoms with Crippen molar-refractivity contribution in [1.29, 1.82) is 0 Å². The fraction of sp³-hybridized carbons (Fsp3) is 0.300. The predicted molar refractivity (Wildman–Crippen MR) is 104 cm³/mol. The van der Waals surface area contributed by atoms with Crippen LogP contribution in [0.25, 0.3) is 10.2 Å². The highest BCUT2D eigenvalue weighted by molar-refractivity contribution is 7.22. The SMILES string of the molecule is Cc1ccc2nc(N3CC(C(=O)NCc4ccc5c(c4)OCO5)C3)sc2c1. The van der Waals surface area contributed by atoms with E-state index < -0.39 is 0 Å². The number of nitrogens with zero attached hydrogens (tertiary/aromatic N) is 2. The number of anilines is 1. The Morgan fingerprint density at radius 1 is 1.22 bits per heavy atom. The third kappa shape index (κ3) is 3.08. The number of amides is 1. The average molecular weight is 381 g/mol. The summed E-state index contributed by atoms with van der Waals surface area (Å²) in [6.07, 6.45) is 0. The Hall–Kier alpha value is -2.80. The van der Waals surface area contributed by atoms with Crippen molar-refractivity contribution in [3.05, 3.63) is 47.5 Å². The maximum atomic E-state index is 12.4. The summed E-state index contributed by atoms with van der Waals surface area (Å²) in [7, 11) is 0. The summed E-state index contributed by atoms with van der Waals surface area (Å²) in [5, 5.41) is 4.01. The molecule has 1 amide bonds. The van der Waals surface area contributed by atoms with Gasteiger partial charge in [0.2, 0.25) is 12.7 Å². The van der Waals surface area contributed by atoms with Gasteiger partial charge in [0.05, 0.1) is 16.1 Å². The van der Waals surface area contributed by atoms with Crippen LogP contribution in [0, 0.1) is 12.8 Å². The monoisotopic (exact) mass is 381 g/mol. The van der Waals surface area contributed by atoms with Gasteiger partial charge >= 0.3 is 0 Å². The lowest BCUT2D eigenvalue weighted by Crippen LogP contribution is -2.53. The summed E-state index contributed by atoms with van der Waals surface area (Å²) in [4.78, 5) is 19.3. The minimum absolute atomic E-state index is 0.00718. The Labute approximate surface area is 160 Å². The summed E-state index contributed by atoms with van der Waals surface area (Å²) in [6, 6.07) is 12.0. The van der Waals surface area contributed by atoms with Gasteiger partial charge in [-0.25, -0.2) is 4.98 Å². The highest BCUT2D eigenvalue weighted by atomic mass is 32.1. The highest BCUT2D eigenvalue weighted by Gasteiger charge is 2.34. The van der Waals surface area contributed by atoms with Gasteiger partial charge in [-0.15, -0.1) is 0 Å². The zero-order chi connectivity index (χ0) is 18.4. The molecule has 1 N–H and O–H groups in total. The van der Waals surface area contributed by atoms with Crippen molar-refractivity contribution in [3.8, 4) is 11.5 Å². The molecule has 2 aliphatic heterocycles. The third-order valence-electron chi connectivity index (χ3n) is 4.96. The van der Waals surface area contributed by atoms with Crippen LogP contribution in [0.1, 0.15) is 11.1 Å². The van der Waals surface area contributed by atoms with Gasteiger partial charge in [0.25, 0.3) is 0 Å². The van der Waals surface area contributed by atoms with E-state index in [0.29, 0.717) is 19.6 Å². The zero-order valence-corrected chi connectivity index (χ0v) is 15.7. The van der Waals surface area contributed by atoms with E-state index in [1.807, 2.05) is 18.2 Å². The Bertz CT molecular complexity index is 1030. The van der Waals surface area contributed by atoms with Gasteiger partial charge in [0, 0.05) is 19.6 Å². The van der Waals surface area contributed by atoms with Gasteiger partial charge in [0.15, 0.2) is 16.6 Å². The summed E-state index contributed by atoms with van der Waals surface area (Å²) in [5.41, 5.74) is 3.27. The van der Waals surface area contributed by atoms with E-state index >= 15 is 0 Å². The number of carbonyl (C=O) groups is 1. The number of hydrogen-bond acceptors (Lipinski definition) is 6. The van der Waals surface area contributed by atoms with Gasteiger partial charge in [-0.1, -0.05) is 23.5 Å². The number of fused-ring (bicyclic) bond motifs is 2. The first kappa shape index (κ1) is 16.4. The van der Waals surface area contributed by atoms with Crippen molar-refractivity contribution in [2.45, 2.75) is 13.5 Å². The van der Waals surface area contributed by atoms with Gasteiger partial charge in [0.1, 0.15) is 0 Å². The molecule has 3 aromatic rings. The normalized spacial score (nSPS) is 15.8. The molecule has 1 saturated heterocycles. The van der Waals surface area contributed by atoms with Crippen molar-refractivity contribution in [1.82, 2.24) is 10.3 Å². The number of nitrogens with one attached hydrogen (secondary N) is 1. The molecule has 1 aromatic heterocycles. The molecule has 7 heteroatoms. The molecule has 2 aromatic carbocycles. The third-order valence-corrected chi connectivity index (χ3v) is 6.04. The molecule has 138 valence electrons. The van der Waals surface area contributed by atoms with E-state index in [1.165, 1.54) is 10.3 Å². The maximum absolute atomic E-state index is 12.4. The van der Waals surface area contributed by atoms with Gasteiger partial charge in [-0.2, -0.15) is 0 Å². The number of aryl methyl sites for hydroxylation is 1. The van der Waals surface area contributed by atoms with Crippen LogP contribution in [0.4, 0.5) is 5.13 Å². The van der Waals surface area contributed by atoms with E-state index in [0.717, 1.165) is 27.7 Å². The lowest BCUT2D eigenvalue weighted by Gasteiger charge is -2.37. The molecular weight excluding hydrogens is 362 g/mol. The highest BCUT2D eigenvalue weighted by Crippen LogP contribution is 2.34. The topological polar surface area (TPSA) is 63.7 Å². The summed E-state index contributed by atoms with van der Waals surface area (Å²) >= 11 is 1.69. The molecule has 3 heterocycles. The van der Waals surface area contributed by atoms with Crippen LogP contribution in [-0.2, 0) is 11.3 Å². The van der Waals surface area contributed by atoms with E-state index in [2.05, 4.69) is 40.3 Å². The fourth-order valence-electron chi connectivity index (χ4n) is 3.34. The van der Waals surface area contributed by atoms with E-state index in [-0.39, 0.29) is 18.6 Å². The molecule has 5 rings (SSSR count). The van der Waals surface area contributed by atoms with Crippen LogP contribution in [-0.4, -0.2) is 30.8 Å². The number of aromatic nitrogens is 1. The second-order valence-corrected chi connectivity index (χ2v) is 7.98. The summed E-state index contributed by atoms with van der Waals surface area (Å²) in [5.74, 6) is 1.59. The van der Waals surface area contributed by atoms with Crippen molar-refractivity contribution in [3.63, 3.8) is 0 Å². The second-order valence-electron chi connectivity index (χ2n) is 6.97. The molecule has 0 radical (unpaired) electrons. The first-order valence-corrected chi connectivity index (χ1v) is 9.76. The summed E-state index contributed by atoms with van der Waals surface area (Å²) in [6.45, 7) is 4.27. The predicted octanol–water partition coefficient (Wildman–Crippen LogP) is 3.09. The number of thiazole rings is 1. The molecule has 0 bridgehead atoms. The molecule has 2 aliphatic rings. The van der Waals surface area contributed by atoms with Crippen LogP contribution in [0.3, 0.4) is 0 Å². The lowest BCUT2D eigenvalue weighted by molar-refractivity contribution is -0.125. The van der Waals surface area contributed by atoms with Crippen LogP contribution in [0.2, 0.25) is 0 Å². The number of rotatable bonds is 4. The Kier molecular flexibility index (Phi) is 3.89.